The molecule has 1 saturated heterocycles. The Morgan fingerprint density at radius 1 is 1.20 bits per heavy atom. The first-order valence-corrected chi connectivity index (χ1v) is 7.59. The minimum atomic E-state index is 0.394. The lowest BCUT2D eigenvalue weighted by atomic mass is 9.85. The van der Waals surface area contributed by atoms with Crippen molar-refractivity contribution in [1.82, 2.24) is 4.90 Å². The van der Waals surface area contributed by atoms with Crippen LogP contribution >= 0.6 is 0 Å². The third kappa shape index (κ3) is 2.63. The molecule has 0 aromatic heterocycles. The van der Waals surface area contributed by atoms with Crippen LogP contribution in [-0.2, 0) is 0 Å². The van der Waals surface area contributed by atoms with Crippen LogP contribution in [0.3, 0.4) is 0 Å². The van der Waals surface area contributed by atoms with Gasteiger partial charge in [-0.25, -0.2) is 0 Å². The van der Waals surface area contributed by atoms with E-state index in [0.29, 0.717) is 12.0 Å². The monoisotopic (exact) mass is 276 g/mol. The zero-order chi connectivity index (χ0) is 13.9. The molecule has 110 valence electrons. The van der Waals surface area contributed by atoms with E-state index in [1.54, 1.807) is 0 Å². The van der Waals surface area contributed by atoms with Gasteiger partial charge in [0.25, 0.3) is 0 Å². The Morgan fingerprint density at radius 2 is 2.00 bits per heavy atom. The summed E-state index contributed by atoms with van der Waals surface area (Å²) >= 11 is 0. The van der Waals surface area contributed by atoms with Crippen LogP contribution in [0.2, 0.25) is 0 Å². The van der Waals surface area contributed by atoms with Crippen LogP contribution in [0.1, 0.15) is 30.9 Å². The molecular weight excluding hydrogens is 252 g/mol. The van der Waals surface area contributed by atoms with E-state index in [1.165, 1.54) is 18.4 Å². The molecule has 2 heterocycles. The molecule has 2 aliphatic heterocycles. The number of hydrogen-bond donors (Lipinski definition) is 1. The summed E-state index contributed by atoms with van der Waals surface area (Å²) in [6.45, 7) is 3.34. The van der Waals surface area contributed by atoms with Gasteiger partial charge in [-0.2, -0.15) is 0 Å². The molecule has 2 atom stereocenters. The van der Waals surface area contributed by atoms with E-state index < -0.39 is 0 Å². The van der Waals surface area contributed by atoms with E-state index in [2.05, 4.69) is 24.1 Å². The molecule has 2 unspecified atom stereocenters. The van der Waals surface area contributed by atoms with Crippen molar-refractivity contribution in [2.45, 2.75) is 25.3 Å². The molecule has 0 radical (unpaired) electrons. The minimum Gasteiger partial charge on any atom is -0.490 e. The van der Waals surface area contributed by atoms with Gasteiger partial charge in [-0.05, 0) is 56.6 Å². The molecule has 4 heteroatoms. The van der Waals surface area contributed by atoms with Crippen molar-refractivity contribution >= 4 is 0 Å². The molecule has 1 aromatic rings. The largest absolute Gasteiger partial charge is 0.490 e. The maximum absolute atomic E-state index is 5.97. The van der Waals surface area contributed by atoms with Gasteiger partial charge < -0.3 is 15.2 Å². The van der Waals surface area contributed by atoms with Gasteiger partial charge in [-0.15, -0.1) is 0 Å². The van der Waals surface area contributed by atoms with Crippen molar-refractivity contribution in [3.05, 3.63) is 23.8 Å². The highest BCUT2D eigenvalue weighted by molar-refractivity contribution is 5.44. The van der Waals surface area contributed by atoms with Gasteiger partial charge in [-0.1, -0.05) is 6.07 Å². The number of rotatable bonds is 2. The van der Waals surface area contributed by atoms with Gasteiger partial charge in [0.2, 0.25) is 0 Å². The van der Waals surface area contributed by atoms with E-state index in [9.17, 15) is 0 Å². The summed E-state index contributed by atoms with van der Waals surface area (Å²) in [5, 5.41) is 0. The zero-order valence-corrected chi connectivity index (χ0v) is 12.2. The molecule has 0 aliphatic carbocycles. The second-order valence-corrected chi connectivity index (χ2v) is 5.82. The number of benzene rings is 1. The Bertz CT molecular complexity index is 464. The smallest absolute Gasteiger partial charge is 0.161 e. The second-order valence-electron chi connectivity index (χ2n) is 5.82. The number of ether oxygens (including phenoxy) is 2. The molecule has 4 nitrogen and oxygen atoms in total. The van der Waals surface area contributed by atoms with Gasteiger partial charge >= 0.3 is 0 Å². The molecule has 0 saturated carbocycles. The quantitative estimate of drug-likeness (QED) is 0.899. The molecule has 1 aromatic carbocycles. The summed E-state index contributed by atoms with van der Waals surface area (Å²) in [7, 11) is 2.19. The fraction of sp³-hybridized carbons (Fsp3) is 0.625. The van der Waals surface area contributed by atoms with E-state index in [-0.39, 0.29) is 0 Å². The van der Waals surface area contributed by atoms with Gasteiger partial charge in [0.15, 0.2) is 11.5 Å². The molecular formula is C16H24N2O2. The van der Waals surface area contributed by atoms with Crippen LogP contribution in [0.25, 0.3) is 0 Å². The number of nitrogens with zero attached hydrogens (tertiary/aromatic N) is 1. The van der Waals surface area contributed by atoms with Crippen molar-refractivity contribution in [2.75, 3.05) is 33.4 Å². The number of piperidine rings is 1. The summed E-state index contributed by atoms with van der Waals surface area (Å²) in [5.41, 5.74) is 7.27. The van der Waals surface area contributed by atoms with Crippen LogP contribution in [0.4, 0.5) is 0 Å². The topological polar surface area (TPSA) is 47.7 Å². The predicted octanol–water partition coefficient (Wildman–Crippen LogP) is 2.19. The fourth-order valence-corrected chi connectivity index (χ4v) is 3.40. The lowest BCUT2D eigenvalue weighted by Crippen LogP contribution is -2.39. The van der Waals surface area contributed by atoms with Crippen LogP contribution in [0.5, 0.6) is 11.5 Å². The highest BCUT2D eigenvalue weighted by atomic mass is 16.5. The first kappa shape index (κ1) is 13.7. The normalized spacial score (nSPS) is 27.1. The lowest BCUT2D eigenvalue weighted by molar-refractivity contribution is 0.125. The van der Waals surface area contributed by atoms with Crippen LogP contribution in [0.15, 0.2) is 18.2 Å². The third-order valence-electron chi connectivity index (χ3n) is 4.42. The Hall–Kier alpha value is -1.26. The SMILES string of the molecule is CN1CCCC(CN)C1c1ccc2c(c1)OCCCO2. The third-order valence-corrected chi connectivity index (χ3v) is 4.42. The average Bonchev–Trinajstić information content (AvgIpc) is 2.71. The highest BCUT2D eigenvalue weighted by Crippen LogP contribution is 2.39. The second kappa shape index (κ2) is 6.02. The fourth-order valence-electron chi connectivity index (χ4n) is 3.40. The number of likely N-dealkylation sites (tertiary alicyclic amines) is 1. The van der Waals surface area contributed by atoms with Gasteiger partial charge in [0.05, 0.1) is 13.2 Å². The summed E-state index contributed by atoms with van der Waals surface area (Å²) in [5.74, 6) is 2.28. The molecule has 0 spiro atoms. The number of hydrogen-bond acceptors (Lipinski definition) is 4. The van der Waals surface area contributed by atoms with Crippen LogP contribution in [0, 0.1) is 5.92 Å². The molecule has 0 bridgehead atoms. The van der Waals surface area contributed by atoms with Gasteiger partial charge in [-0.3, -0.25) is 4.90 Å². The predicted molar refractivity (Wildman–Crippen MR) is 79.2 cm³/mol. The standard InChI is InChI=1S/C16H24N2O2/c1-18-7-2-4-13(11-17)16(18)12-5-6-14-15(10-12)20-9-3-8-19-14/h5-6,10,13,16H,2-4,7-9,11,17H2,1H3. The molecule has 1 fully saturated rings. The molecule has 2 N–H and O–H groups in total. The average molecular weight is 276 g/mol. The molecule has 0 amide bonds. The summed E-state index contributed by atoms with van der Waals surface area (Å²) in [6, 6.07) is 6.76. The summed E-state index contributed by atoms with van der Waals surface area (Å²) in [6.07, 6.45) is 3.39. The molecule has 3 rings (SSSR count). The Kier molecular flexibility index (Phi) is 4.13. The van der Waals surface area contributed by atoms with E-state index in [1.807, 2.05) is 6.07 Å². The lowest BCUT2D eigenvalue weighted by Gasteiger charge is -2.39. The van der Waals surface area contributed by atoms with Crippen molar-refractivity contribution in [1.29, 1.82) is 0 Å². The molecule has 2 aliphatic rings. The van der Waals surface area contributed by atoms with Crippen molar-refractivity contribution in [2.24, 2.45) is 11.7 Å². The van der Waals surface area contributed by atoms with Gasteiger partial charge in [0.1, 0.15) is 0 Å². The van der Waals surface area contributed by atoms with Crippen LogP contribution in [-0.4, -0.2) is 38.3 Å². The van der Waals surface area contributed by atoms with E-state index in [0.717, 1.165) is 44.2 Å². The number of fused-ring (bicyclic) bond motifs is 1. The molecule has 20 heavy (non-hydrogen) atoms. The minimum absolute atomic E-state index is 0.394. The first-order chi connectivity index (χ1) is 9.79. The highest BCUT2D eigenvalue weighted by Gasteiger charge is 2.30. The Balaban J connectivity index is 1.90. The first-order valence-electron chi connectivity index (χ1n) is 7.59. The van der Waals surface area contributed by atoms with E-state index in [4.69, 9.17) is 15.2 Å². The maximum Gasteiger partial charge on any atom is 0.161 e. The van der Waals surface area contributed by atoms with E-state index >= 15 is 0 Å². The van der Waals surface area contributed by atoms with Crippen molar-refractivity contribution in [3.63, 3.8) is 0 Å². The Morgan fingerprint density at radius 3 is 2.80 bits per heavy atom. The van der Waals surface area contributed by atoms with Crippen molar-refractivity contribution in [3.8, 4) is 11.5 Å². The van der Waals surface area contributed by atoms with Gasteiger partial charge in [0, 0.05) is 12.5 Å². The van der Waals surface area contributed by atoms with Crippen LogP contribution < -0.4 is 15.2 Å². The van der Waals surface area contributed by atoms with Crippen molar-refractivity contribution < 1.29 is 9.47 Å². The summed E-state index contributed by atoms with van der Waals surface area (Å²) < 4.78 is 11.5. The maximum atomic E-state index is 5.97. The Labute approximate surface area is 120 Å². The zero-order valence-electron chi connectivity index (χ0n) is 12.2. The summed E-state index contributed by atoms with van der Waals surface area (Å²) in [4.78, 5) is 2.42. The number of nitrogens with two attached hydrogens (primary N) is 1.